The predicted molar refractivity (Wildman–Crippen MR) is 63.1 cm³/mol. The average molecular weight is 285 g/mol. The van der Waals surface area contributed by atoms with Gasteiger partial charge in [0.15, 0.2) is 0 Å². The van der Waals surface area contributed by atoms with Crippen LogP contribution in [0.15, 0.2) is 22.7 Å². The molecule has 1 N–H and O–H groups in total. The van der Waals surface area contributed by atoms with E-state index in [2.05, 4.69) is 15.9 Å². The van der Waals surface area contributed by atoms with Gasteiger partial charge >= 0.3 is 5.97 Å². The van der Waals surface area contributed by atoms with Crippen molar-refractivity contribution in [3.63, 3.8) is 0 Å². The van der Waals surface area contributed by atoms with Crippen molar-refractivity contribution in [1.82, 2.24) is 0 Å². The average Bonchev–Trinajstić information content (AvgIpc) is 2.63. The van der Waals surface area contributed by atoms with Crippen molar-refractivity contribution in [3.05, 3.63) is 39.6 Å². The highest BCUT2D eigenvalue weighted by atomic mass is 79.9. The Morgan fingerprint density at radius 1 is 1.31 bits per heavy atom. The number of aromatic carboxylic acids is 1. The van der Waals surface area contributed by atoms with Crippen molar-refractivity contribution in [2.45, 2.75) is 19.3 Å². The molecule has 0 spiro atoms. The zero-order valence-electron chi connectivity index (χ0n) is 8.46. The lowest BCUT2D eigenvalue weighted by Gasteiger charge is -2.05. The van der Waals surface area contributed by atoms with Crippen LogP contribution in [0, 0.1) is 5.82 Å². The van der Waals surface area contributed by atoms with Crippen molar-refractivity contribution in [2.75, 3.05) is 0 Å². The molecule has 0 unspecified atom stereocenters. The number of hydrogen-bond donors (Lipinski definition) is 1. The molecule has 0 aliphatic heterocycles. The predicted octanol–water partition coefficient (Wildman–Crippen LogP) is 3.81. The van der Waals surface area contributed by atoms with Gasteiger partial charge in [-0.3, -0.25) is 0 Å². The van der Waals surface area contributed by atoms with Gasteiger partial charge in [0.25, 0.3) is 0 Å². The second-order valence-corrected chi connectivity index (χ2v) is 4.73. The van der Waals surface area contributed by atoms with Crippen LogP contribution in [-0.4, -0.2) is 11.1 Å². The zero-order chi connectivity index (χ0) is 11.7. The fourth-order valence-corrected chi connectivity index (χ4v) is 2.60. The van der Waals surface area contributed by atoms with E-state index in [0.717, 1.165) is 35.4 Å². The molecule has 1 aliphatic carbocycles. The Morgan fingerprint density at radius 3 is 2.62 bits per heavy atom. The van der Waals surface area contributed by atoms with Crippen molar-refractivity contribution in [3.8, 4) is 0 Å². The third-order valence-electron chi connectivity index (χ3n) is 2.64. The molecule has 1 aromatic carbocycles. The minimum Gasteiger partial charge on any atom is -0.478 e. The van der Waals surface area contributed by atoms with Gasteiger partial charge < -0.3 is 5.11 Å². The van der Waals surface area contributed by atoms with Crippen LogP contribution < -0.4 is 0 Å². The highest BCUT2D eigenvalue weighted by Gasteiger charge is 2.16. The van der Waals surface area contributed by atoms with E-state index in [9.17, 15) is 9.18 Å². The number of benzene rings is 1. The molecule has 0 saturated heterocycles. The Labute approximate surface area is 101 Å². The number of rotatable bonds is 2. The summed E-state index contributed by atoms with van der Waals surface area (Å²) in [7, 11) is 0. The smallest absolute Gasteiger partial charge is 0.335 e. The van der Waals surface area contributed by atoms with Crippen molar-refractivity contribution < 1.29 is 14.3 Å². The highest BCUT2D eigenvalue weighted by molar-refractivity contribution is 9.11. The fraction of sp³-hybridized carbons (Fsp3) is 0.250. The largest absolute Gasteiger partial charge is 0.478 e. The van der Waals surface area contributed by atoms with E-state index in [0.29, 0.717) is 5.56 Å². The number of hydrogen-bond acceptors (Lipinski definition) is 1. The molecule has 1 aliphatic rings. The first-order valence-corrected chi connectivity index (χ1v) is 5.79. The van der Waals surface area contributed by atoms with E-state index in [1.807, 2.05) is 0 Å². The van der Waals surface area contributed by atoms with Gasteiger partial charge in [-0.1, -0.05) is 15.9 Å². The quantitative estimate of drug-likeness (QED) is 0.897. The lowest BCUT2D eigenvalue weighted by Crippen LogP contribution is -1.98. The van der Waals surface area contributed by atoms with E-state index < -0.39 is 11.8 Å². The third kappa shape index (κ3) is 2.16. The van der Waals surface area contributed by atoms with E-state index in [-0.39, 0.29) is 5.56 Å². The summed E-state index contributed by atoms with van der Waals surface area (Å²) < 4.78 is 14.3. The highest BCUT2D eigenvalue weighted by Crippen LogP contribution is 2.37. The summed E-state index contributed by atoms with van der Waals surface area (Å²) in [6.45, 7) is 0. The third-order valence-corrected chi connectivity index (χ3v) is 3.52. The fourth-order valence-electron chi connectivity index (χ4n) is 1.90. The molecule has 0 aromatic heterocycles. The van der Waals surface area contributed by atoms with Crippen LogP contribution in [-0.2, 0) is 0 Å². The maximum atomic E-state index is 13.3. The molecule has 0 atom stereocenters. The van der Waals surface area contributed by atoms with Crippen LogP contribution in [0.2, 0.25) is 0 Å². The van der Waals surface area contributed by atoms with E-state index in [1.54, 1.807) is 0 Å². The molecule has 84 valence electrons. The topological polar surface area (TPSA) is 37.3 Å². The molecule has 0 saturated carbocycles. The number of carboxylic acid groups (broad SMARTS) is 1. The molecule has 1 aromatic rings. The van der Waals surface area contributed by atoms with Gasteiger partial charge in [0.2, 0.25) is 0 Å². The van der Waals surface area contributed by atoms with Crippen molar-refractivity contribution in [2.24, 2.45) is 0 Å². The second kappa shape index (κ2) is 4.37. The number of halogens is 2. The molecule has 4 heteroatoms. The molecule has 0 heterocycles. The Kier molecular flexibility index (Phi) is 3.10. The Morgan fingerprint density at radius 2 is 2.06 bits per heavy atom. The SMILES string of the molecule is O=C(O)c1cc(F)cc(C2=C(Br)CCC2)c1. The summed E-state index contributed by atoms with van der Waals surface area (Å²) in [6, 6.07) is 3.94. The van der Waals surface area contributed by atoms with Gasteiger partial charge in [0, 0.05) is 0 Å². The molecule has 2 nitrogen and oxygen atoms in total. The van der Waals surface area contributed by atoms with Crippen LogP contribution in [0.5, 0.6) is 0 Å². The Bertz CT molecular complexity index is 480. The van der Waals surface area contributed by atoms with Crippen LogP contribution in [0.3, 0.4) is 0 Å². The molecular formula is C12H10BrFO2. The van der Waals surface area contributed by atoms with Crippen molar-refractivity contribution >= 4 is 27.5 Å². The van der Waals surface area contributed by atoms with E-state index >= 15 is 0 Å². The van der Waals surface area contributed by atoms with Gasteiger partial charge in [-0.05, 0) is 53.1 Å². The summed E-state index contributed by atoms with van der Waals surface area (Å²) in [5, 5.41) is 8.85. The van der Waals surface area contributed by atoms with Crippen LogP contribution in [0.1, 0.15) is 35.2 Å². The summed E-state index contributed by atoms with van der Waals surface area (Å²) in [5.41, 5.74) is 1.68. The second-order valence-electron chi connectivity index (χ2n) is 3.77. The van der Waals surface area contributed by atoms with Gasteiger partial charge in [-0.15, -0.1) is 0 Å². The summed E-state index contributed by atoms with van der Waals surface area (Å²) in [5.74, 6) is -1.61. The van der Waals surface area contributed by atoms with Crippen LogP contribution in [0.25, 0.3) is 5.57 Å². The monoisotopic (exact) mass is 284 g/mol. The summed E-state index contributed by atoms with van der Waals surface area (Å²) in [4.78, 5) is 10.8. The van der Waals surface area contributed by atoms with Gasteiger partial charge in [-0.25, -0.2) is 9.18 Å². The summed E-state index contributed by atoms with van der Waals surface area (Å²) >= 11 is 3.44. The molecule has 0 amide bonds. The van der Waals surface area contributed by atoms with Crippen molar-refractivity contribution in [1.29, 1.82) is 0 Å². The zero-order valence-corrected chi connectivity index (χ0v) is 10.1. The first-order chi connectivity index (χ1) is 7.58. The molecule has 0 radical (unpaired) electrons. The molecule has 0 fully saturated rings. The van der Waals surface area contributed by atoms with Gasteiger partial charge in [0.1, 0.15) is 5.82 Å². The molecule has 0 bridgehead atoms. The van der Waals surface area contributed by atoms with Gasteiger partial charge in [0.05, 0.1) is 5.56 Å². The maximum Gasteiger partial charge on any atom is 0.335 e. The normalized spacial score (nSPS) is 15.6. The molecule has 16 heavy (non-hydrogen) atoms. The lowest BCUT2D eigenvalue weighted by molar-refractivity contribution is 0.0696. The van der Waals surface area contributed by atoms with Gasteiger partial charge in [-0.2, -0.15) is 0 Å². The Balaban J connectivity index is 2.49. The molecule has 2 rings (SSSR count). The van der Waals surface area contributed by atoms with Crippen LogP contribution in [0.4, 0.5) is 4.39 Å². The first kappa shape index (κ1) is 11.3. The minimum absolute atomic E-state index is 0.00491. The maximum absolute atomic E-state index is 13.3. The van der Waals surface area contributed by atoms with E-state index in [1.165, 1.54) is 12.1 Å². The summed E-state index contributed by atoms with van der Waals surface area (Å²) in [6.07, 6.45) is 2.83. The Hall–Kier alpha value is -1.16. The first-order valence-electron chi connectivity index (χ1n) is 4.99. The van der Waals surface area contributed by atoms with Crippen LogP contribution >= 0.6 is 15.9 Å². The van der Waals surface area contributed by atoms with E-state index in [4.69, 9.17) is 5.11 Å². The number of carbonyl (C=O) groups is 1. The number of carboxylic acids is 1. The lowest BCUT2D eigenvalue weighted by atomic mass is 10.0. The standard InChI is InChI=1S/C12H10BrFO2/c13-11-3-1-2-10(11)7-4-8(12(15)16)6-9(14)5-7/h4-6H,1-3H2,(H,15,16). The number of allylic oxidation sites excluding steroid dienone is 2. The minimum atomic E-state index is -1.10. The molecular weight excluding hydrogens is 275 g/mol.